The summed E-state index contributed by atoms with van der Waals surface area (Å²) in [4.78, 5) is 27.7. The predicted molar refractivity (Wildman–Crippen MR) is 128 cm³/mol. The Bertz CT molecular complexity index is 1280. The summed E-state index contributed by atoms with van der Waals surface area (Å²) >= 11 is 0. The van der Waals surface area contributed by atoms with E-state index >= 15 is 0 Å². The van der Waals surface area contributed by atoms with Crippen molar-refractivity contribution in [2.75, 3.05) is 25.7 Å². The number of benzene rings is 2. The number of carbonyl (C=O) groups is 2. The molecule has 1 aromatic heterocycles. The molecule has 1 aliphatic heterocycles. The zero-order valence-corrected chi connectivity index (χ0v) is 19.9. The molecule has 1 fully saturated rings. The summed E-state index contributed by atoms with van der Waals surface area (Å²) in [5.41, 5.74) is 0.690. The number of aryl methyl sites for hydroxylation is 1. The number of anilines is 1. The van der Waals surface area contributed by atoms with Gasteiger partial charge in [0.15, 0.2) is 17.3 Å². The number of nitrogens with zero attached hydrogens (tertiary/aromatic N) is 2. The van der Waals surface area contributed by atoms with Gasteiger partial charge in [-0.05, 0) is 43.7 Å². The average molecular weight is 479 g/mol. The van der Waals surface area contributed by atoms with Crippen LogP contribution in [0.2, 0.25) is 0 Å². The Labute approximate surface area is 202 Å². The Balaban J connectivity index is 1.91. The zero-order chi connectivity index (χ0) is 25.1. The number of aliphatic hydroxyl groups is 1. The molecule has 4 rings (SSSR count). The van der Waals surface area contributed by atoms with Crippen LogP contribution in [0.15, 0.2) is 58.6 Å². The number of carbonyl (C=O) groups excluding carboxylic acids is 2. The molecule has 35 heavy (non-hydrogen) atoms. The quantitative estimate of drug-likeness (QED) is 0.288. The molecule has 0 radical (unpaired) electrons. The van der Waals surface area contributed by atoms with Gasteiger partial charge in [0.1, 0.15) is 23.3 Å². The van der Waals surface area contributed by atoms with Crippen molar-refractivity contribution in [3.63, 3.8) is 0 Å². The van der Waals surface area contributed by atoms with Crippen molar-refractivity contribution in [2.45, 2.75) is 26.3 Å². The van der Waals surface area contributed by atoms with E-state index in [1.807, 2.05) is 6.92 Å². The van der Waals surface area contributed by atoms with Crippen molar-refractivity contribution < 1.29 is 33.4 Å². The van der Waals surface area contributed by atoms with E-state index in [9.17, 15) is 14.7 Å². The highest BCUT2D eigenvalue weighted by atomic mass is 16.5. The van der Waals surface area contributed by atoms with Gasteiger partial charge in [0.25, 0.3) is 5.78 Å². The lowest BCUT2D eigenvalue weighted by Gasteiger charge is -2.25. The number of hydrogen-bond acceptors (Lipinski definition) is 8. The molecule has 0 spiro atoms. The fourth-order valence-electron chi connectivity index (χ4n) is 4.04. The number of methoxy groups -OCH3 is 2. The van der Waals surface area contributed by atoms with E-state index < -0.39 is 17.7 Å². The van der Waals surface area contributed by atoms with Crippen LogP contribution in [0.25, 0.3) is 5.76 Å². The van der Waals surface area contributed by atoms with Crippen molar-refractivity contribution in [3.8, 4) is 17.2 Å². The fourth-order valence-corrected chi connectivity index (χ4v) is 4.04. The van der Waals surface area contributed by atoms with Gasteiger partial charge in [-0.1, -0.05) is 24.2 Å². The lowest BCUT2D eigenvalue weighted by Crippen LogP contribution is -2.30. The molecule has 9 heteroatoms. The zero-order valence-electron chi connectivity index (χ0n) is 19.9. The van der Waals surface area contributed by atoms with Gasteiger partial charge in [-0.15, -0.1) is 0 Å². The van der Waals surface area contributed by atoms with Gasteiger partial charge in [-0.25, -0.2) is 0 Å². The van der Waals surface area contributed by atoms with Crippen LogP contribution in [-0.4, -0.2) is 42.8 Å². The minimum absolute atomic E-state index is 0.107. The maximum absolute atomic E-state index is 13.3. The topological polar surface area (TPSA) is 111 Å². The highest BCUT2D eigenvalue weighted by Crippen LogP contribution is 2.47. The summed E-state index contributed by atoms with van der Waals surface area (Å²) in [6.07, 6.45) is 0.856. The summed E-state index contributed by atoms with van der Waals surface area (Å²) < 4.78 is 21.8. The number of aromatic nitrogens is 1. The van der Waals surface area contributed by atoms with Gasteiger partial charge in [-0.2, -0.15) is 0 Å². The van der Waals surface area contributed by atoms with Crippen molar-refractivity contribution in [2.24, 2.45) is 0 Å². The molecule has 182 valence electrons. The smallest absolute Gasteiger partial charge is 0.301 e. The first-order valence-corrected chi connectivity index (χ1v) is 11.1. The molecule has 1 saturated heterocycles. The number of para-hydroxylation sites is 1. The molecule has 2 aromatic carbocycles. The van der Waals surface area contributed by atoms with E-state index in [0.717, 1.165) is 6.42 Å². The molecule has 0 aliphatic carbocycles. The average Bonchev–Trinajstić information content (AvgIpc) is 3.42. The van der Waals surface area contributed by atoms with Gasteiger partial charge in [0, 0.05) is 17.2 Å². The van der Waals surface area contributed by atoms with Crippen LogP contribution in [0.3, 0.4) is 0 Å². The first-order valence-electron chi connectivity index (χ1n) is 11.1. The largest absolute Gasteiger partial charge is 0.507 e. The highest BCUT2D eigenvalue weighted by molar-refractivity contribution is 6.51. The molecule has 0 saturated carbocycles. The normalized spacial score (nSPS) is 17.0. The minimum atomic E-state index is -1.04. The predicted octanol–water partition coefficient (Wildman–Crippen LogP) is 4.42. The Morgan fingerprint density at radius 2 is 1.86 bits per heavy atom. The molecule has 9 nitrogen and oxygen atoms in total. The monoisotopic (exact) mass is 478 g/mol. The highest BCUT2D eigenvalue weighted by Gasteiger charge is 2.49. The van der Waals surface area contributed by atoms with Crippen molar-refractivity contribution in [3.05, 3.63) is 71.0 Å². The summed E-state index contributed by atoms with van der Waals surface area (Å²) in [5.74, 6) is -0.0775. The van der Waals surface area contributed by atoms with Crippen LogP contribution in [0.1, 0.15) is 36.3 Å². The molecule has 1 amide bonds. The van der Waals surface area contributed by atoms with Gasteiger partial charge < -0.3 is 23.8 Å². The van der Waals surface area contributed by atoms with Gasteiger partial charge in [-0.3, -0.25) is 14.5 Å². The number of amides is 1. The van der Waals surface area contributed by atoms with E-state index in [4.69, 9.17) is 18.7 Å². The second kappa shape index (κ2) is 9.92. The number of Topliss-reactive ketones (excluding diaryl/α,β-unsaturated/α-hetero) is 1. The third kappa shape index (κ3) is 4.32. The van der Waals surface area contributed by atoms with Crippen LogP contribution < -0.4 is 19.1 Å². The van der Waals surface area contributed by atoms with E-state index in [2.05, 4.69) is 5.16 Å². The third-order valence-corrected chi connectivity index (χ3v) is 5.64. The van der Waals surface area contributed by atoms with Gasteiger partial charge >= 0.3 is 5.91 Å². The summed E-state index contributed by atoms with van der Waals surface area (Å²) in [5, 5.41) is 15.2. The summed E-state index contributed by atoms with van der Waals surface area (Å²) in [7, 11) is 2.95. The molecular weight excluding hydrogens is 452 g/mol. The standard InChI is InChI=1S/C26H26N2O7/c1-5-13-34-17-11-9-16(10-12-17)23(29)21-22(18-7-6-8-19(32-3)25(18)33-4)28(26(31)24(21)30)20-14-15(2)35-27-20/h6-12,14,22,29H,5,13H2,1-4H3/b23-21+/t22-/m0/s1. The van der Waals surface area contributed by atoms with Crippen molar-refractivity contribution in [1.82, 2.24) is 5.16 Å². The SMILES string of the molecule is CCCOc1ccc(/C(O)=C2\C(=O)C(=O)N(c3cc(C)on3)[C@H]2c2cccc(OC)c2OC)cc1. The maximum atomic E-state index is 13.3. The maximum Gasteiger partial charge on any atom is 0.301 e. The Hall–Kier alpha value is -4.27. The number of ketones is 1. The van der Waals surface area contributed by atoms with E-state index in [0.29, 0.717) is 40.7 Å². The van der Waals surface area contributed by atoms with Crippen molar-refractivity contribution >= 4 is 23.3 Å². The van der Waals surface area contributed by atoms with E-state index in [1.165, 1.54) is 19.1 Å². The molecule has 1 atom stereocenters. The summed E-state index contributed by atoms with van der Waals surface area (Å²) in [6.45, 7) is 4.24. The van der Waals surface area contributed by atoms with E-state index in [1.54, 1.807) is 55.5 Å². The Kier molecular flexibility index (Phi) is 6.77. The first-order chi connectivity index (χ1) is 16.9. The van der Waals surface area contributed by atoms with Gasteiger partial charge in [0.2, 0.25) is 0 Å². The van der Waals surface area contributed by atoms with Crippen LogP contribution in [0, 0.1) is 6.92 Å². The lowest BCUT2D eigenvalue weighted by atomic mass is 9.94. The van der Waals surface area contributed by atoms with Crippen molar-refractivity contribution in [1.29, 1.82) is 0 Å². The van der Waals surface area contributed by atoms with E-state index in [-0.39, 0.29) is 17.2 Å². The van der Waals surface area contributed by atoms with Crippen LogP contribution >= 0.6 is 0 Å². The molecule has 1 N–H and O–H groups in total. The number of aliphatic hydroxyl groups excluding tert-OH is 1. The summed E-state index contributed by atoms with van der Waals surface area (Å²) in [6, 6.07) is 12.3. The third-order valence-electron chi connectivity index (χ3n) is 5.64. The second-order valence-electron chi connectivity index (χ2n) is 7.92. The second-order valence-corrected chi connectivity index (χ2v) is 7.92. The molecule has 0 unspecified atom stereocenters. The van der Waals surface area contributed by atoms with Crippen LogP contribution in [0.5, 0.6) is 17.2 Å². The number of hydrogen-bond donors (Lipinski definition) is 1. The van der Waals surface area contributed by atoms with Crippen LogP contribution in [-0.2, 0) is 9.59 Å². The Morgan fingerprint density at radius 3 is 2.46 bits per heavy atom. The molecular formula is C26H26N2O7. The molecule has 1 aliphatic rings. The molecule has 0 bridgehead atoms. The number of ether oxygens (including phenoxy) is 3. The lowest BCUT2D eigenvalue weighted by molar-refractivity contribution is -0.132. The molecule has 3 aromatic rings. The molecule has 2 heterocycles. The number of rotatable bonds is 8. The first kappa shape index (κ1) is 23.9. The minimum Gasteiger partial charge on any atom is -0.507 e. The van der Waals surface area contributed by atoms with Crippen LogP contribution in [0.4, 0.5) is 5.82 Å². The Morgan fingerprint density at radius 1 is 1.11 bits per heavy atom. The van der Waals surface area contributed by atoms with Gasteiger partial charge in [0.05, 0.1) is 26.4 Å². The fraction of sp³-hybridized carbons (Fsp3) is 0.269.